The molecule has 0 radical (unpaired) electrons. The number of rotatable bonds is 2. The summed E-state index contributed by atoms with van der Waals surface area (Å²) in [4.78, 5) is 20.9. The predicted octanol–water partition coefficient (Wildman–Crippen LogP) is 5.68. The normalized spacial score (nSPS) is 12.4. The smallest absolute Gasteiger partial charge is 0.226 e. The number of allylic oxidation sites excluding steroid dienone is 1. The van der Waals surface area contributed by atoms with E-state index >= 15 is 0 Å². The maximum atomic E-state index is 9.77. The third kappa shape index (κ3) is 3.43. The fraction of sp³-hybridized carbons (Fsp3) is 0. The zero-order valence-electron chi connectivity index (χ0n) is 19.5. The maximum absolute atomic E-state index is 9.77. The van der Waals surface area contributed by atoms with Crippen LogP contribution in [0.15, 0.2) is 78.5 Å². The van der Waals surface area contributed by atoms with Crippen molar-refractivity contribution in [2.45, 2.75) is 0 Å². The summed E-state index contributed by atoms with van der Waals surface area (Å²) < 4.78 is 0. The van der Waals surface area contributed by atoms with Crippen molar-refractivity contribution in [2.75, 3.05) is 0 Å². The van der Waals surface area contributed by atoms with Gasteiger partial charge in [-0.25, -0.2) is 30.0 Å². The van der Waals surface area contributed by atoms with Crippen molar-refractivity contribution in [2.24, 2.45) is 0 Å². The van der Waals surface area contributed by atoms with Gasteiger partial charge in [-0.15, -0.1) is 0 Å². The van der Waals surface area contributed by atoms with Crippen LogP contribution in [0.2, 0.25) is 0 Å². The van der Waals surface area contributed by atoms with Crippen LogP contribution in [-0.4, -0.2) is 19.9 Å². The first-order valence-electron chi connectivity index (χ1n) is 11.4. The highest BCUT2D eigenvalue weighted by molar-refractivity contribution is 6.03. The topological polar surface area (TPSA) is 127 Å². The summed E-state index contributed by atoms with van der Waals surface area (Å²) in [5.74, 6) is 0. The van der Waals surface area contributed by atoms with Gasteiger partial charge >= 0.3 is 0 Å². The van der Waals surface area contributed by atoms with E-state index in [0.717, 1.165) is 22.3 Å². The summed E-state index contributed by atoms with van der Waals surface area (Å²) in [7, 11) is 0. The van der Waals surface area contributed by atoms with Gasteiger partial charge in [-0.05, 0) is 39.9 Å². The molecule has 8 nitrogen and oxygen atoms in total. The number of aromatic nitrogens is 4. The van der Waals surface area contributed by atoms with Gasteiger partial charge < -0.3 is 0 Å². The molecule has 2 heterocycles. The zero-order chi connectivity index (χ0) is 26.2. The second kappa shape index (κ2) is 8.77. The third-order valence-electron chi connectivity index (χ3n) is 6.27. The van der Waals surface area contributed by atoms with Crippen molar-refractivity contribution >= 4 is 16.9 Å². The fourth-order valence-corrected chi connectivity index (χ4v) is 4.55. The van der Waals surface area contributed by atoms with Gasteiger partial charge in [0, 0.05) is 11.1 Å². The first-order chi connectivity index (χ1) is 18.6. The van der Waals surface area contributed by atoms with Crippen molar-refractivity contribution in [1.29, 1.82) is 15.8 Å². The van der Waals surface area contributed by atoms with Crippen LogP contribution < -0.4 is 0 Å². The van der Waals surface area contributed by atoms with Gasteiger partial charge in [0.25, 0.3) is 5.70 Å². The van der Waals surface area contributed by atoms with Crippen LogP contribution in [-0.2, 0) is 0 Å². The summed E-state index contributed by atoms with van der Waals surface area (Å²) in [6, 6.07) is 29.6. The maximum Gasteiger partial charge on any atom is 0.271 e. The summed E-state index contributed by atoms with van der Waals surface area (Å²) in [6.45, 7) is 7.62. The summed E-state index contributed by atoms with van der Waals surface area (Å²) in [6.07, 6.45) is 0. The van der Waals surface area contributed by atoms with Crippen LogP contribution in [0.25, 0.3) is 55.2 Å². The lowest BCUT2D eigenvalue weighted by atomic mass is 9.95. The highest BCUT2D eigenvalue weighted by Gasteiger charge is 2.31. The third-order valence-corrected chi connectivity index (χ3v) is 6.27. The largest absolute Gasteiger partial charge is 0.271 e. The Balaban J connectivity index is 1.57. The summed E-state index contributed by atoms with van der Waals surface area (Å²) in [5, 5.41) is 28.5. The number of nitriles is 3. The molecule has 0 bridgehead atoms. The Morgan fingerprint density at radius 1 is 0.632 bits per heavy atom. The van der Waals surface area contributed by atoms with Crippen molar-refractivity contribution in [3.8, 4) is 51.7 Å². The van der Waals surface area contributed by atoms with Crippen LogP contribution >= 0.6 is 0 Å². The monoisotopic (exact) mass is 484 g/mol. The molecule has 0 aliphatic heterocycles. The molecule has 0 spiro atoms. The van der Waals surface area contributed by atoms with Crippen LogP contribution in [0.4, 0.5) is 0 Å². The van der Waals surface area contributed by atoms with Crippen molar-refractivity contribution in [1.82, 2.24) is 19.9 Å². The van der Waals surface area contributed by atoms with Gasteiger partial charge in [-0.1, -0.05) is 60.7 Å². The molecular formula is C30H12N8. The lowest BCUT2D eigenvalue weighted by Gasteiger charge is -2.09. The highest BCUT2D eigenvalue weighted by atomic mass is 15.0. The predicted molar refractivity (Wildman–Crippen MR) is 139 cm³/mol. The van der Waals surface area contributed by atoms with Crippen LogP contribution in [0.1, 0.15) is 22.6 Å². The van der Waals surface area contributed by atoms with E-state index in [-0.39, 0.29) is 28.4 Å². The lowest BCUT2D eigenvalue weighted by Crippen LogP contribution is -2.02. The summed E-state index contributed by atoms with van der Waals surface area (Å²) in [5.41, 5.74) is 6.19. The molecule has 3 aromatic carbocycles. The van der Waals surface area contributed by atoms with Gasteiger partial charge in [0.15, 0.2) is 22.7 Å². The zero-order valence-corrected chi connectivity index (χ0v) is 19.5. The van der Waals surface area contributed by atoms with Crippen LogP contribution in [0.3, 0.4) is 0 Å². The van der Waals surface area contributed by atoms with Crippen LogP contribution in [0.5, 0.6) is 0 Å². The van der Waals surface area contributed by atoms with Crippen molar-refractivity contribution in [3.05, 3.63) is 113 Å². The Bertz CT molecular complexity index is 2000. The second-order valence-electron chi connectivity index (χ2n) is 8.37. The molecule has 1 aliphatic carbocycles. The molecule has 38 heavy (non-hydrogen) atoms. The Morgan fingerprint density at radius 3 is 1.87 bits per heavy atom. The number of nitrogens with zero attached hydrogens (tertiary/aromatic N) is 8. The molecule has 0 atom stereocenters. The molecular weight excluding hydrogens is 472 g/mol. The van der Waals surface area contributed by atoms with E-state index in [1.807, 2.05) is 84.9 Å². The van der Waals surface area contributed by atoms with Gasteiger partial charge in [-0.3, -0.25) is 0 Å². The number of hydrogen-bond acceptors (Lipinski definition) is 7. The molecule has 5 aromatic rings. The van der Waals surface area contributed by atoms with Crippen LogP contribution in [0, 0.1) is 40.6 Å². The molecule has 172 valence electrons. The average molecular weight is 484 g/mol. The van der Waals surface area contributed by atoms with Crippen molar-refractivity contribution in [3.63, 3.8) is 0 Å². The molecule has 0 fully saturated rings. The molecule has 8 heteroatoms. The molecule has 0 saturated heterocycles. The lowest BCUT2D eigenvalue weighted by molar-refractivity contribution is 1.11. The highest BCUT2D eigenvalue weighted by Crippen LogP contribution is 2.46. The standard InChI is InChI=1S/C30H12N8/c1-34-25(16-33)26-22-13-20(19-9-5-8-18(12-19)17-6-3-2-4-7-17)10-11-21(22)27-28(26)38-30-29(37-27)35-23(14-31)24(15-32)36-30/h2-13H/b26-25+. The summed E-state index contributed by atoms with van der Waals surface area (Å²) >= 11 is 0. The quantitative estimate of drug-likeness (QED) is 0.228. The Labute approximate surface area is 216 Å². The molecule has 0 unspecified atom stereocenters. The van der Waals surface area contributed by atoms with Crippen molar-refractivity contribution < 1.29 is 0 Å². The Kier molecular flexibility index (Phi) is 5.14. The fourth-order valence-electron chi connectivity index (χ4n) is 4.55. The van der Waals surface area contributed by atoms with E-state index in [9.17, 15) is 15.8 Å². The van der Waals surface area contributed by atoms with Gasteiger partial charge in [0.05, 0.1) is 24.0 Å². The second-order valence-corrected chi connectivity index (χ2v) is 8.37. The van der Waals surface area contributed by atoms with E-state index in [2.05, 4.69) is 30.8 Å². The van der Waals surface area contributed by atoms with Gasteiger partial charge in [0.2, 0.25) is 0 Å². The minimum atomic E-state index is -0.165. The number of hydrogen-bond donors (Lipinski definition) is 0. The Morgan fingerprint density at radius 2 is 1.24 bits per heavy atom. The molecule has 1 aliphatic rings. The Hall–Kier alpha value is -6.22. The molecule has 0 amide bonds. The van der Waals surface area contributed by atoms with E-state index in [4.69, 9.17) is 6.57 Å². The first-order valence-corrected chi connectivity index (χ1v) is 11.4. The van der Waals surface area contributed by atoms with Gasteiger partial charge in [-0.2, -0.15) is 10.5 Å². The van der Waals surface area contributed by atoms with E-state index in [0.29, 0.717) is 28.1 Å². The van der Waals surface area contributed by atoms with E-state index in [1.54, 1.807) is 0 Å². The minimum absolute atomic E-state index is 0.0580. The SMILES string of the molecule is [C-]#[N+]/C(C#N)=C1\c2cc(-c3cccc(-c4ccccc4)c3)ccc2-c2nc3nc(C#N)c(C#N)nc3nc21. The van der Waals surface area contributed by atoms with E-state index in [1.165, 1.54) is 0 Å². The molecule has 2 aromatic heterocycles. The molecule has 6 rings (SSSR count). The average Bonchev–Trinajstić information content (AvgIpc) is 3.28. The number of fused-ring (bicyclic) bond motifs is 4. The number of benzene rings is 3. The first kappa shape index (κ1) is 22.3. The molecule has 0 saturated carbocycles. The van der Waals surface area contributed by atoms with Gasteiger partial charge in [0.1, 0.15) is 12.1 Å². The molecule has 0 N–H and O–H groups in total. The minimum Gasteiger partial charge on any atom is -0.226 e. The van der Waals surface area contributed by atoms with E-state index < -0.39 is 0 Å².